The van der Waals surface area contributed by atoms with Crippen molar-refractivity contribution in [1.82, 2.24) is 30.3 Å². The molecule has 0 aliphatic carbocycles. The van der Waals surface area contributed by atoms with Crippen LogP contribution in [0.5, 0.6) is 0 Å². The summed E-state index contributed by atoms with van der Waals surface area (Å²) in [6.45, 7) is 2.39. The average molecular weight is 349 g/mol. The minimum atomic E-state index is 0.320. The first-order valence-electron chi connectivity index (χ1n) is 6.60. The average Bonchev–Trinajstić information content (AvgIpc) is 3.11. The molecule has 7 nitrogen and oxygen atoms in total. The Kier molecular flexibility index (Phi) is 4.05. The Hall–Kier alpha value is -2.09. The fraction of sp³-hybridized carbons (Fsp3) is 0.308. The summed E-state index contributed by atoms with van der Waals surface area (Å²) in [5.41, 5.74) is 0.904. The Morgan fingerprint density at radius 2 is 2.05 bits per heavy atom. The molecule has 2 heterocycles. The zero-order chi connectivity index (χ0) is 14.7. The van der Waals surface area contributed by atoms with Crippen molar-refractivity contribution in [3.05, 3.63) is 40.5 Å². The molecular formula is C13H13BrN6O. The third-order valence-corrected chi connectivity index (χ3v) is 3.34. The minimum Gasteiger partial charge on any atom is -0.337 e. The van der Waals surface area contributed by atoms with Gasteiger partial charge in [-0.3, -0.25) is 0 Å². The summed E-state index contributed by atoms with van der Waals surface area (Å²) in [5.74, 6) is 1.76. The van der Waals surface area contributed by atoms with E-state index in [0.29, 0.717) is 24.1 Å². The first kappa shape index (κ1) is 13.9. The predicted octanol–water partition coefficient (Wildman–Crippen LogP) is 2.49. The first-order chi connectivity index (χ1) is 10.2. The Labute approximate surface area is 129 Å². The highest BCUT2D eigenvalue weighted by Crippen LogP contribution is 2.17. The highest BCUT2D eigenvalue weighted by Gasteiger charge is 2.10. The Bertz CT molecular complexity index is 720. The lowest BCUT2D eigenvalue weighted by atomic mass is 10.2. The van der Waals surface area contributed by atoms with Crippen LogP contribution in [0.25, 0.3) is 11.4 Å². The summed E-state index contributed by atoms with van der Waals surface area (Å²) in [7, 11) is 0. The molecule has 3 aromatic rings. The lowest BCUT2D eigenvalue weighted by Crippen LogP contribution is -2.04. The summed E-state index contributed by atoms with van der Waals surface area (Å²) in [6.07, 6.45) is 1.78. The van der Waals surface area contributed by atoms with Gasteiger partial charge in [-0.25, -0.2) is 0 Å². The molecule has 2 aromatic heterocycles. The third kappa shape index (κ3) is 3.33. The summed E-state index contributed by atoms with van der Waals surface area (Å²) < 4.78 is 6.16. The van der Waals surface area contributed by atoms with Gasteiger partial charge >= 0.3 is 0 Å². The smallest absolute Gasteiger partial charge is 0.250 e. The van der Waals surface area contributed by atoms with Crippen LogP contribution >= 0.6 is 15.9 Å². The molecule has 0 amide bonds. The largest absolute Gasteiger partial charge is 0.337 e. The monoisotopic (exact) mass is 348 g/mol. The van der Waals surface area contributed by atoms with Gasteiger partial charge < -0.3 is 4.52 Å². The van der Waals surface area contributed by atoms with Gasteiger partial charge in [0, 0.05) is 16.5 Å². The number of aryl methyl sites for hydroxylation is 1. The van der Waals surface area contributed by atoms with Crippen molar-refractivity contribution in [3.8, 4) is 11.4 Å². The number of rotatable bonds is 5. The molecule has 0 spiro atoms. The van der Waals surface area contributed by atoms with Crippen molar-refractivity contribution in [2.24, 2.45) is 0 Å². The third-order valence-electron chi connectivity index (χ3n) is 2.82. The van der Waals surface area contributed by atoms with E-state index in [1.165, 1.54) is 4.80 Å². The van der Waals surface area contributed by atoms with Gasteiger partial charge in [0.25, 0.3) is 0 Å². The van der Waals surface area contributed by atoms with Crippen molar-refractivity contribution < 1.29 is 4.52 Å². The molecule has 0 atom stereocenters. The van der Waals surface area contributed by atoms with Crippen LogP contribution in [0.15, 0.2) is 33.3 Å². The van der Waals surface area contributed by atoms with Gasteiger partial charge in [-0.1, -0.05) is 28.0 Å². The molecule has 1 aromatic carbocycles. The fourth-order valence-corrected chi connectivity index (χ4v) is 2.09. The molecule has 0 saturated heterocycles. The number of hydrogen-bond acceptors (Lipinski definition) is 6. The van der Waals surface area contributed by atoms with E-state index in [2.05, 4.69) is 48.4 Å². The Morgan fingerprint density at radius 1 is 1.24 bits per heavy atom. The molecule has 0 fully saturated rings. The van der Waals surface area contributed by atoms with E-state index in [-0.39, 0.29) is 0 Å². The molecule has 21 heavy (non-hydrogen) atoms. The molecule has 108 valence electrons. The number of halogens is 1. The molecule has 0 aliphatic rings. The van der Waals surface area contributed by atoms with E-state index in [1.54, 1.807) is 0 Å². The molecule has 3 rings (SSSR count). The van der Waals surface area contributed by atoms with Gasteiger partial charge in [0.15, 0.2) is 5.82 Å². The standard InChI is InChI=1S/C13H13BrN6O/c1-2-3-11-15-12(21-18-11)8-20-17-13(16-19-20)9-4-6-10(14)7-5-9/h4-7H,2-3,8H2,1H3. The molecule has 0 radical (unpaired) electrons. The van der Waals surface area contributed by atoms with Crippen molar-refractivity contribution >= 4 is 15.9 Å². The van der Waals surface area contributed by atoms with Crippen LogP contribution < -0.4 is 0 Å². The maximum atomic E-state index is 5.16. The number of tetrazole rings is 1. The van der Waals surface area contributed by atoms with E-state index in [4.69, 9.17) is 4.52 Å². The topological polar surface area (TPSA) is 82.5 Å². The van der Waals surface area contributed by atoms with Crippen LogP contribution in [0.1, 0.15) is 25.1 Å². The van der Waals surface area contributed by atoms with Gasteiger partial charge in [0.05, 0.1) is 0 Å². The van der Waals surface area contributed by atoms with Crippen molar-refractivity contribution in [2.45, 2.75) is 26.3 Å². The number of nitrogens with zero attached hydrogens (tertiary/aromatic N) is 6. The molecule has 0 saturated carbocycles. The van der Waals surface area contributed by atoms with Crippen LogP contribution in [-0.4, -0.2) is 30.3 Å². The van der Waals surface area contributed by atoms with Crippen molar-refractivity contribution in [3.63, 3.8) is 0 Å². The van der Waals surface area contributed by atoms with Crippen molar-refractivity contribution in [2.75, 3.05) is 0 Å². The molecule has 0 unspecified atom stereocenters. The summed E-state index contributed by atoms with van der Waals surface area (Å²) in [4.78, 5) is 5.72. The number of benzene rings is 1. The van der Waals surface area contributed by atoms with Crippen molar-refractivity contribution in [1.29, 1.82) is 0 Å². The highest BCUT2D eigenvalue weighted by atomic mass is 79.9. The zero-order valence-electron chi connectivity index (χ0n) is 11.4. The number of aromatic nitrogens is 6. The van der Waals surface area contributed by atoms with Gasteiger partial charge in [0.1, 0.15) is 6.54 Å². The second-order valence-corrected chi connectivity index (χ2v) is 5.42. The molecule has 0 N–H and O–H groups in total. The molecule has 0 bridgehead atoms. The van der Waals surface area contributed by atoms with Crippen LogP contribution in [0, 0.1) is 0 Å². The van der Waals surface area contributed by atoms with Gasteiger partial charge in [0.2, 0.25) is 11.7 Å². The fourth-order valence-electron chi connectivity index (χ4n) is 1.83. The van der Waals surface area contributed by atoms with Gasteiger partial charge in [-0.2, -0.15) is 9.78 Å². The van der Waals surface area contributed by atoms with Crippen LogP contribution in [-0.2, 0) is 13.0 Å². The summed E-state index contributed by atoms with van der Waals surface area (Å²) in [6, 6.07) is 7.73. The normalized spacial score (nSPS) is 11.0. The van der Waals surface area contributed by atoms with E-state index in [9.17, 15) is 0 Å². The van der Waals surface area contributed by atoms with Crippen LogP contribution in [0.4, 0.5) is 0 Å². The van der Waals surface area contributed by atoms with E-state index >= 15 is 0 Å². The van der Waals surface area contributed by atoms with Crippen LogP contribution in [0.3, 0.4) is 0 Å². The first-order valence-corrected chi connectivity index (χ1v) is 7.39. The highest BCUT2D eigenvalue weighted by molar-refractivity contribution is 9.10. The maximum absolute atomic E-state index is 5.16. The second-order valence-electron chi connectivity index (χ2n) is 4.50. The minimum absolute atomic E-state index is 0.320. The summed E-state index contributed by atoms with van der Waals surface area (Å²) in [5, 5.41) is 16.2. The van der Waals surface area contributed by atoms with E-state index < -0.39 is 0 Å². The zero-order valence-corrected chi connectivity index (χ0v) is 13.0. The molecular weight excluding hydrogens is 336 g/mol. The van der Waals surface area contributed by atoms with E-state index in [1.807, 2.05) is 24.3 Å². The SMILES string of the molecule is CCCc1noc(Cn2nnc(-c3ccc(Br)cc3)n2)n1. The predicted molar refractivity (Wildman–Crippen MR) is 78.3 cm³/mol. The van der Waals surface area contributed by atoms with Gasteiger partial charge in [-0.05, 0) is 35.9 Å². The maximum Gasteiger partial charge on any atom is 0.250 e. The van der Waals surface area contributed by atoms with Crippen LogP contribution in [0.2, 0.25) is 0 Å². The lowest BCUT2D eigenvalue weighted by Gasteiger charge is -1.94. The van der Waals surface area contributed by atoms with Gasteiger partial charge in [-0.15, -0.1) is 10.2 Å². The Morgan fingerprint density at radius 3 is 2.81 bits per heavy atom. The molecule has 0 aliphatic heterocycles. The lowest BCUT2D eigenvalue weighted by molar-refractivity contribution is 0.352. The molecule has 8 heteroatoms. The summed E-state index contributed by atoms with van der Waals surface area (Å²) >= 11 is 3.39. The second kappa shape index (κ2) is 6.13. The number of hydrogen-bond donors (Lipinski definition) is 0. The quantitative estimate of drug-likeness (QED) is 0.704. The van der Waals surface area contributed by atoms with E-state index in [0.717, 1.165) is 22.9 Å². The Balaban J connectivity index is 1.73.